The van der Waals surface area contributed by atoms with Crippen molar-refractivity contribution in [2.24, 2.45) is 5.73 Å². The molecule has 7 heteroatoms. The number of rotatable bonds is 7. The van der Waals surface area contributed by atoms with Crippen LogP contribution in [0.15, 0.2) is 18.2 Å². The first-order valence-corrected chi connectivity index (χ1v) is 6.27. The molecule has 0 aliphatic rings. The van der Waals surface area contributed by atoms with Crippen molar-refractivity contribution < 1.29 is 24.2 Å². The predicted molar refractivity (Wildman–Crippen MR) is 75.1 cm³/mol. The van der Waals surface area contributed by atoms with Gasteiger partial charge in [0.05, 0.1) is 6.61 Å². The van der Waals surface area contributed by atoms with E-state index in [1.54, 1.807) is 13.0 Å². The van der Waals surface area contributed by atoms with E-state index in [1.807, 2.05) is 0 Å². The van der Waals surface area contributed by atoms with Gasteiger partial charge in [0.15, 0.2) is 0 Å². The fourth-order valence-electron chi connectivity index (χ4n) is 1.79. The Morgan fingerprint density at radius 3 is 2.52 bits per heavy atom. The lowest BCUT2D eigenvalue weighted by Gasteiger charge is -2.21. The highest BCUT2D eigenvalue weighted by Crippen LogP contribution is 2.14. The lowest BCUT2D eigenvalue weighted by Crippen LogP contribution is -2.38. The van der Waals surface area contributed by atoms with Crippen LogP contribution in [0.5, 0.6) is 0 Å². The monoisotopic (exact) mass is 294 g/mol. The predicted octanol–water partition coefficient (Wildman–Crippen LogP) is 0.267. The highest BCUT2D eigenvalue weighted by molar-refractivity contribution is 6.00. The van der Waals surface area contributed by atoms with E-state index < -0.39 is 24.3 Å². The Kier molecular flexibility index (Phi) is 5.86. The van der Waals surface area contributed by atoms with Gasteiger partial charge in [0.2, 0.25) is 5.91 Å². The van der Waals surface area contributed by atoms with Crippen LogP contribution >= 0.6 is 0 Å². The van der Waals surface area contributed by atoms with Gasteiger partial charge < -0.3 is 20.5 Å². The van der Waals surface area contributed by atoms with Crippen LogP contribution in [-0.2, 0) is 9.53 Å². The minimum atomic E-state index is -1.12. The third-order valence-corrected chi connectivity index (χ3v) is 2.93. The highest BCUT2D eigenvalue weighted by atomic mass is 16.5. The number of aliphatic carboxylic acids is 1. The van der Waals surface area contributed by atoms with Gasteiger partial charge in [0.25, 0.3) is 5.91 Å². The van der Waals surface area contributed by atoms with Crippen molar-refractivity contribution in [3.8, 4) is 0 Å². The van der Waals surface area contributed by atoms with E-state index in [0.29, 0.717) is 5.56 Å². The number of ether oxygens (including phenoxy) is 1. The van der Waals surface area contributed by atoms with Gasteiger partial charge in [-0.2, -0.15) is 0 Å². The minimum absolute atomic E-state index is 0.141. The van der Waals surface area contributed by atoms with Crippen LogP contribution in [0, 0.1) is 6.92 Å². The van der Waals surface area contributed by atoms with Gasteiger partial charge in [-0.3, -0.25) is 14.4 Å². The maximum atomic E-state index is 12.4. The minimum Gasteiger partial charge on any atom is -0.480 e. The zero-order valence-electron chi connectivity index (χ0n) is 12.0. The number of nitrogens with zero attached hydrogens (tertiary/aromatic N) is 1. The number of hydrogen-bond acceptors (Lipinski definition) is 4. The molecule has 0 spiro atoms. The molecule has 1 rings (SSSR count). The molecule has 114 valence electrons. The number of methoxy groups -OCH3 is 1. The Labute approximate surface area is 122 Å². The Morgan fingerprint density at radius 1 is 1.33 bits per heavy atom. The number of carbonyl (C=O) groups is 3. The second kappa shape index (κ2) is 7.39. The lowest BCUT2D eigenvalue weighted by atomic mass is 10.0. The molecule has 0 saturated heterocycles. The molecule has 0 saturated carbocycles. The Hall–Kier alpha value is -2.41. The lowest BCUT2D eigenvalue weighted by molar-refractivity contribution is -0.137. The fraction of sp³-hybridized carbons (Fsp3) is 0.357. The SMILES string of the molecule is COCCN(CC(=O)O)C(=O)c1cc(C(N)=O)ccc1C. The number of aryl methyl sites for hydroxylation is 1. The van der Waals surface area contributed by atoms with Crippen molar-refractivity contribution in [3.05, 3.63) is 34.9 Å². The summed E-state index contributed by atoms with van der Waals surface area (Å²) in [7, 11) is 1.46. The van der Waals surface area contributed by atoms with Crippen molar-refractivity contribution in [1.29, 1.82) is 0 Å². The van der Waals surface area contributed by atoms with Crippen molar-refractivity contribution in [3.63, 3.8) is 0 Å². The van der Waals surface area contributed by atoms with Crippen LogP contribution in [-0.4, -0.2) is 54.6 Å². The summed E-state index contributed by atoms with van der Waals surface area (Å²) in [6.45, 7) is 1.62. The molecule has 0 radical (unpaired) electrons. The molecule has 0 atom stereocenters. The Balaban J connectivity index is 3.09. The van der Waals surface area contributed by atoms with Gasteiger partial charge in [-0.25, -0.2) is 0 Å². The zero-order chi connectivity index (χ0) is 16.0. The van der Waals surface area contributed by atoms with E-state index in [9.17, 15) is 14.4 Å². The molecule has 7 nitrogen and oxygen atoms in total. The molecule has 0 aliphatic carbocycles. The molecular weight excluding hydrogens is 276 g/mol. The number of nitrogens with two attached hydrogens (primary N) is 1. The van der Waals surface area contributed by atoms with E-state index >= 15 is 0 Å². The molecule has 0 fully saturated rings. The maximum Gasteiger partial charge on any atom is 0.323 e. The molecule has 3 N–H and O–H groups in total. The van der Waals surface area contributed by atoms with Crippen molar-refractivity contribution in [2.45, 2.75) is 6.92 Å². The van der Waals surface area contributed by atoms with Crippen LogP contribution in [0.4, 0.5) is 0 Å². The first-order chi connectivity index (χ1) is 9.86. The molecule has 0 aromatic heterocycles. The number of carboxylic acid groups (broad SMARTS) is 1. The highest BCUT2D eigenvalue weighted by Gasteiger charge is 2.20. The Morgan fingerprint density at radius 2 is 2.00 bits per heavy atom. The summed E-state index contributed by atoms with van der Waals surface area (Å²) < 4.78 is 4.87. The van der Waals surface area contributed by atoms with Gasteiger partial charge >= 0.3 is 5.97 Å². The fourth-order valence-corrected chi connectivity index (χ4v) is 1.79. The zero-order valence-corrected chi connectivity index (χ0v) is 12.0. The average molecular weight is 294 g/mol. The molecule has 0 unspecified atom stereocenters. The standard InChI is InChI=1S/C14H18N2O5/c1-9-3-4-10(13(15)19)7-11(9)14(20)16(5-6-21-2)8-12(17)18/h3-4,7H,5-6,8H2,1-2H3,(H2,15,19)(H,17,18). The third-order valence-electron chi connectivity index (χ3n) is 2.93. The maximum absolute atomic E-state index is 12.4. The summed E-state index contributed by atoms with van der Waals surface area (Å²) in [6.07, 6.45) is 0. The molecule has 0 heterocycles. The number of carbonyl (C=O) groups excluding carboxylic acids is 2. The van der Waals surface area contributed by atoms with Crippen molar-refractivity contribution in [1.82, 2.24) is 4.90 Å². The largest absolute Gasteiger partial charge is 0.480 e. The second-order valence-electron chi connectivity index (χ2n) is 4.51. The topological polar surface area (TPSA) is 110 Å². The number of hydrogen-bond donors (Lipinski definition) is 2. The van der Waals surface area contributed by atoms with Crippen LogP contribution in [0.1, 0.15) is 26.3 Å². The van der Waals surface area contributed by atoms with Crippen LogP contribution in [0.2, 0.25) is 0 Å². The number of primary amides is 1. The van der Waals surface area contributed by atoms with E-state index in [1.165, 1.54) is 19.2 Å². The molecule has 1 aromatic rings. The van der Waals surface area contributed by atoms with E-state index in [0.717, 1.165) is 4.90 Å². The van der Waals surface area contributed by atoms with E-state index in [4.69, 9.17) is 15.6 Å². The first-order valence-electron chi connectivity index (χ1n) is 6.27. The van der Waals surface area contributed by atoms with E-state index in [-0.39, 0.29) is 24.3 Å². The van der Waals surface area contributed by atoms with Crippen molar-refractivity contribution in [2.75, 3.05) is 26.8 Å². The van der Waals surface area contributed by atoms with Gasteiger partial charge in [0, 0.05) is 24.8 Å². The van der Waals surface area contributed by atoms with Crippen LogP contribution < -0.4 is 5.73 Å². The molecule has 0 aliphatic heterocycles. The third kappa shape index (κ3) is 4.57. The van der Waals surface area contributed by atoms with Gasteiger partial charge in [-0.1, -0.05) is 6.07 Å². The van der Waals surface area contributed by atoms with Crippen LogP contribution in [0.25, 0.3) is 0 Å². The van der Waals surface area contributed by atoms with E-state index in [2.05, 4.69) is 0 Å². The number of amides is 2. The normalized spacial score (nSPS) is 10.2. The first kappa shape index (κ1) is 16.6. The molecule has 0 bridgehead atoms. The number of benzene rings is 1. The molecule has 1 aromatic carbocycles. The molecular formula is C14H18N2O5. The molecule has 21 heavy (non-hydrogen) atoms. The summed E-state index contributed by atoms with van der Waals surface area (Å²) in [5.74, 6) is -2.25. The smallest absolute Gasteiger partial charge is 0.323 e. The summed E-state index contributed by atoms with van der Waals surface area (Å²) in [5.41, 5.74) is 6.28. The Bertz CT molecular complexity index is 556. The summed E-state index contributed by atoms with van der Waals surface area (Å²) >= 11 is 0. The molecule has 2 amide bonds. The average Bonchev–Trinajstić information content (AvgIpc) is 2.42. The summed E-state index contributed by atoms with van der Waals surface area (Å²) in [4.78, 5) is 35.6. The van der Waals surface area contributed by atoms with Crippen LogP contribution in [0.3, 0.4) is 0 Å². The quantitative estimate of drug-likeness (QED) is 0.750. The summed E-state index contributed by atoms with van der Waals surface area (Å²) in [6, 6.07) is 4.50. The number of carboxylic acids is 1. The van der Waals surface area contributed by atoms with Gasteiger partial charge in [-0.15, -0.1) is 0 Å². The van der Waals surface area contributed by atoms with Gasteiger partial charge in [0.1, 0.15) is 6.54 Å². The second-order valence-corrected chi connectivity index (χ2v) is 4.51. The van der Waals surface area contributed by atoms with Crippen molar-refractivity contribution >= 4 is 17.8 Å². The summed E-state index contributed by atoms with van der Waals surface area (Å²) in [5, 5.41) is 8.88. The van der Waals surface area contributed by atoms with Gasteiger partial charge in [-0.05, 0) is 24.6 Å².